The largest absolute Gasteiger partial charge is 0.508 e. The smallest absolute Gasteiger partial charge is 0.433 e. The molecule has 0 bridgehead atoms. The zero-order valence-electron chi connectivity index (χ0n) is 32.6. The van der Waals surface area contributed by atoms with Gasteiger partial charge in [0.05, 0.1) is 60.2 Å². The number of nitrogens with one attached hydrogen (secondary N) is 1. The Hall–Kier alpha value is -5.71. The number of pyridine rings is 1. The Morgan fingerprint density at radius 1 is 0.852 bits per heavy atom. The van der Waals surface area contributed by atoms with Crippen molar-refractivity contribution in [3.05, 3.63) is 110 Å². The third-order valence-electron chi connectivity index (χ3n) is 12.1. The number of aromatic hydroxyl groups is 1. The summed E-state index contributed by atoms with van der Waals surface area (Å²) in [6.07, 6.45) is -3.28. The molecule has 4 aliphatic rings. The van der Waals surface area contributed by atoms with E-state index in [9.17, 15) is 27.9 Å². The van der Waals surface area contributed by atoms with Gasteiger partial charge in [0.15, 0.2) is 5.82 Å². The van der Waals surface area contributed by atoms with Gasteiger partial charge in [-0.1, -0.05) is 58.6 Å². The Morgan fingerprint density at radius 2 is 1.52 bits per heavy atom. The molecule has 0 spiro atoms. The van der Waals surface area contributed by atoms with Gasteiger partial charge in [0.25, 0.3) is 23.6 Å². The van der Waals surface area contributed by atoms with Gasteiger partial charge in [-0.25, -0.2) is 4.98 Å². The van der Waals surface area contributed by atoms with E-state index in [-0.39, 0.29) is 51.4 Å². The first kappa shape index (κ1) is 42.0. The summed E-state index contributed by atoms with van der Waals surface area (Å²) in [7, 11) is 5.41. The maximum atomic E-state index is 15.7. The molecule has 2 saturated heterocycles. The van der Waals surface area contributed by atoms with Gasteiger partial charge >= 0.3 is 6.18 Å². The second kappa shape index (κ2) is 15.3. The molecular formula is C42H35Cl3F3N5O8. The van der Waals surface area contributed by atoms with Crippen LogP contribution in [0.4, 0.5) is 24.7 Å². The molecule has 8 rings (SSSR count). The average Bonchev–Trinajstić information content (AvgIpc) is 3.61. The number of rotatable bonds is 9. The summed E-state index contributed by atoms with van der Waals surface area (Å²) in [4.78, 5) is 63.6. The van der Waals surface area contributed by atoms with Crippen molar-refractivity contribution in [2.75, 3.05) is 38.8 Å². The van der Waals surface area contributed by atoms with Crippen LogP contribution in [0.3, 0.4) is 0 Å². The number of hydrogen-bond donors (Lipinski definition) is 2. The second-order valence-electron chi connectivity index (χ2n) is 15.0. The van der Waals surface area contributed by atoms with Crippen LogP contribution in [-0.2, 0) is 30.8 Å². The van der Waals surface area contributed by atoms with Crippen LogP contribution in [0.2, 0.25) is 15.1 Å². The Kier molecular flexibility index (Phi) is 10.6. The minimum Gasteiger partial charge on any atom is -0.508 e. The van der Waals surface area contributed by atoms with Crippen LogP contribution in [-0.4, -0.2) is 72.1 Å². The molecule has 4 aromatic rings. The molecule has 3 fully saturated rings. The van der Waals surface area contributed by atoms with E-state index in [1.807, 2.05) is 0 Å². The van der Waals surface area contributed by atoms with Gasteiger partial charge in [0.2, 0.25) is 0 Å². The molecule has 2 aliphatic heterocycles. The number of carbonyl (C=O) groups excluding carboxylic acids is 4. The number of carbonyl (C=O) groups is 4. The number of alkyl halides is 3. The molecule has 4 amide bonds. The van der Waals surface area contributed by atoms with E-state index in [1.165, 1.54) is 58.7 Å². The number of fused-ring (bicyclic) bond motifs is 4. The number of amides is 4. The van der Waals surface area contributed by atoms with E-state index in [1.54, 1.807) is 30.3 Å². The highest BCUT2D eigenvalue weighted by molar-refractivity contribution is 6.36. The van der Waals surface area contributed by atoms with E-state index in [4.69, 9.17) is 49.0 Å². The standard InChI is InChI=1S/C42H35Cl3F3N5O8/c1-51(36-27(44)12-14-32(49-36)42(46,47)48)53-37(55)24-11-10-23-25(33(24)39(53)57)18-26-38(56)52(50-29-13-7-20(43)15-28(29)45)40(58)41(26,19-5-8-22(59-2)9-6-19)35(23)34-30(60-3)16-21(54)17-31(34)61-4/h5-10,12-17,24-26,33,35,50,54H,11,18H2,1-4H3. The minimum atomic E-state index is -4.86. The average molecular weight is 901 g/mol. The van der Waals surface area contributed by atoms with Crippen LogP contribution >= 0.6 is 34.8 Å². The number of halogens is 6. The van der Waals surface area contributed by atoms with Gasteiger partial charge in [0, 0.05) is 35.7 Å². The number of imide groups is 2. The molecule has 318 valence electrons. The molecule has 19 heteroatoms. The van der Waals surface area contributed by atoms with Crippen LogP contribution in [0.1, 0.15) is 35.6 Å². The van der Waals surface area contributed by atoms with E-state index < -0.39 is 76.3 Å². The summed E-state index contributed by atoms with van der Waals surface area (Å²) in [6.45, 7) is 0. The van der Waals surface area contributed by atoms with Crippen molar-refractivity contribution in [1.29, 1.82) is 0 Å². The lowest BCUT2D eigenvalue weighted by atomic mass is 9.49. The predicted octanol–water partition coefficient (Wildman–Crippen LogP) is 7.83. The Labute approximate surface area is 361 Å². The van der Waals surface area contributed by atoms with E-state index in [2.05, 4.69) is 10.4 Å². The highest BCUT2D eigenvalue weighted by Gasteiger charge is 2.71. The molecule has 2 aliphatic carbocycles. The third kappa shape index (κ3) is 6.49. The Morgan fingerprint density at radius 3 is 2.13 bits per heavy atom. The van der Waals surface area contributed by atoms with Gasteiger partial charge in [0.1, 0.15) is 28.7 Å². The molecule has 2 N–H and O–H groups in total. The summed E-state index contributed by atoms with van der Waals surface area (Å²) in [5, 5.41) is 13.5. The number of nitrogens with zero attached hydrogens (tertiary/aromatic N) is 4. The Bertz CT molecular complexity index is 2520. The normalized spacial score (nSPS) is 24.6. The lowest BCUT2D eigenvalue weighted by molar-refractivity contribution is -0.142. The van der Waals surface area contributed by atoms with Crippen LogP contribution in [0.5, 0.6) is 23.0 Å². The molecular weight excluding hydrogens is 866 g/mol. The number of ether oxygens (including phenoxy) is 3. The number of phenolic OH excluding ortho intramolecular Hbond substituents is 1. The fourth-order valence-electron chi connectivity index (χ4n) is 9.56. The fraction of sp³-hybridized carbons (Fsp3) is 0.310. The number of hydrogen-bond acceptors (Lipinski definition) is 11. The quantitative estimate of drug-likeness (QED) is 0.125. The number of hydrazine groups is 2. The van der Waals surface area contributed by atoms with E-state index in [0.717, 1.165) is 21.1 Å². The monoisotopic (exact) mass is 899 g/mol. The van der Waals surface area contributed by atoms with Crippen molar-refractivity contribution in [2.24, 2.45) is 23.7 Å². The third-order valence-corrected chi connectivity index (χ3v) is 12.9. The van der Waals surface area contributed by atoms with Crippen molar-refractivity contribution >= 4 is 69.9 Å². The van der Waals surface area contributed by atoms with E-state index >= 15 is 9.59 Å². The van der Waals surface area contributed by atoms with Crippen molar-refractivity contribution in [3.8, 4) is 23.0 Å². The van der Waals surface area contributed by atoms with Gasteiger partial charge in [-0.15, -0.1) is 0 Å². The molecule has 6 atom stereocenters. The summed E-state index contributed by atoms with van der Waals surface area (Å²) in [5.74, 6) is -8.52. The van der Waals surface area contributed by atoms with Crippen molar-refractivity contribution < 1.29 is 51.7 Å². The number of anilines is 2. The van der Waals surface area contributed by atoms with Crippen LogP contribution in [0.25, 0.3) is 0 Å². The summed E-state index contributed by atoms with van der Waals surface area (Å²) in [6, 6.07) is 15.4. The predicted molar refractivity (Wildman–Crippen MR) is 216 cm³/mol. The van der Waals surface area contributed by atoms with Crippen molar-refractivity contribution in [1.82, 2.24) is 15.0 Å². The van der Waals surface area contributed by atoms with Crippen LogP contribution in [0.15, 0.2) is 78.4 Å². The summed E-state index contributed by atoms with van der Waals surface area (Å²) < 4.78 is 58.5. The molecule has 6 unspecified atom stereocenters. The second-order valence-corrected chi connectivity index (χ2v) is 16.2. The van der Waals surface area contributed by atoms with Crippen LogP contribution in [0, 0.1) is 23.7 Å². The minimum absolute atomic E-state index is 0.0395. The molecule has 1 aromatic heterocycles. The molecule has 3 heterocycles. The number of methoxy groups -OCH3 is 3. The number of benzene rings is 3. The van der Waals surface area contributed by atoms with Crippen molar-refractivity contribution in [3.63, 3.8) is 0 Å². The van der Waals surface area contributed by atoms with Crippen molar-refractivity contribution in [2.45, 2.75) is 30.4 Å². The lowest BCUT2D eigenvalue weighted by Gasteiger charge is -2.51. The summed E-state index contributed by atoms with van der Waals surface area (Å²) >= 11 is 19.1. The SMILES string of the molecule is COc1ccc(C23C(=O)N(Nc4ccc(Cl)cc4Cl)C(=O)C2CC2C(=CCC4C(=O)N(N(C)c5nc(C(F)(F)F)ccc5Cl)C(=O)C42)C3c2c(OC)cc(O)cc2OC)cc1. The first-order chi connectivity index (χ1) is 29.0. The first-order valence-corrected chi connectivity index (χ1v) is 19.9. The summed E-state index contributed by atoms with van der Waals surface area (Å²) in [5.41, 5.74) is 1.12. The molecule has 61 heavy (non-hydrogen) atoms. The molecule has 13 nitrogen and oxygen atoms in total. The van der Waals surface area contributed by atoms with Gasteiger partial charge < -0.3 is 19.3 Å². The van der Waals surface area contributed by atoms with Gasteiger partial charge in [-0.2, -0.15) is 23.2 Å². The number of allylic oxidation sites excluding steroid dienone is 2. The maximum Gasteiger partial charge on any atom is 0.433 e. The van der Waals surface area contributed by atoms with E-state index in [0.29, 0.717) is 28.0 Å². The van der Waals surface area contributed by atoms with Crippen LogP contribution < -0.4 is 24.6 Å². The fourth-order valence-corrected chi connectivity index (χ4v) is 10.2. The highest BCUT2D eigenvalue weighted by atomic mass is 35.5. The molecule has 1 saturated carbocycles. The maximum absolute atomic E-state index is 15.7. The van der Waals surface area contributed by atoms with Gasteiger partial charge in [-0.05, 0) is 66.8 Å². The topological polar surface area (TPSA) is 151 Å². The zero-order chi connectivity index (χ0) is 43.9. The highest BCUT2D eigenvalue weighted by Crippen LogP contribution is 2.66. The number of phenols is 1. The first-order valence-electron chi connectivity index (χ1n) is 18.7. The number of aromatic nitrogens is 1. The molecule has 0 radical (unpaired) electrons. The zero-order valence-corrected chi connectivity index (χ0v) is 34.9. The lowest BCUT2D eigenvalue weighted by Crippen LogP contribution is -2.53. The molecule has 3 aromatic carbocycles. The van der Waals surface area contributed by atoms with Gasteiger partial charge in [-0.3, -0.25) is 29.6 Å². The Balaban J connectivity index is 1.34.